The van der Waals surface area contributed by atoms with E-state index in [4.69, 9.17) is 0 Å². The van der Waals surface area contributed by atoms with Crippen LogP contribution in [-0.4, -0.2) is 11.6 Å². The Labute approximate surface area is 119 Å². The summed E-state index contributed by atoms with van der Waals surface area (Å²) in [7, 11) is 0. The summed E-state index contributed by atoms with van der Waals surface area (Å²) in [4.78, 5) is 23.9. The lowest BCUT2D eigenvalue weighted by atomic mass is 9.86. The van der Waals surface area contributed by atoms with Crippen LogP contribution in [0.5, 0.6) is 0 Å². The third-order valence-electron chi connectivity index (χ3n) is 3.36. The number of ketones is 2. The van der Waals surface area contributed by atoms with E-state index in [1.807, 2.05) is 60.7 Å². The predicted molar refractivity (Wildman–Crippen MR) is 79.9 cm³/mol. The smallest absolute Gasteiger partial charge is 0.170 e. The highest BCUT2D eigenvalue weighted by Gasteiger charge is 2.21. The van der Waals surface area contributed by atoms with Crippen molar-refractivity contribution in [3.05, 3.63) is 71.8 Å². The third kappa shape index (κ3) is 3.64. The van der Waals surface area contributed by atoms with Gasteiger partial charge in [-0.15, -0.1) is 0 Å². The monoisotopic (exact) mass is 266 g/mol. The van der Waals surface area contributed by atoms with Crippen LogP contribution in [0.1, 0.15) is 41.6 Å². The van der Waals surface area contributed by atoms with Gasteiger partial charge in [0.05, 0.1) is 0 Å². The van der Waals surface area contributed by atoms with Crippen molar-refractivity contribution in [2.75, 3.05) is 0 Å². The minimum Gasteiger partial charge on any atom is -0.300 e. The van der Waals surface area contributed by atoms with E-state index in [9.17, 15) is 9.59 Å². The molecule has 0 saturated heterocycles. The maximum atomic E-state index is 12.6. The molecule has 0 N–H and O–H groups in total. The number of hydrogen-bond donors (Lipinski definition) is 0. The maximum absolute atomic E-state index is 12.6. The Hall–Kier alpha value is -2.22. The molecule has 102 valence electrons. The summed E-state index contributed by atoms with van der Waals surface area (Å²) < 4.78 is 0. The van der Waals surface area contributed by atoms with E-state index in [0.29, 0.717) is 18.4 Å². The fourth-order valence-corrected chi connectivity index (χ4v) is 2.29. The number of carbonyl (C=O) groups excluding carboxylic acids is 2. The van der Waals surface area contributed by atoms with Crippen LogP contribution in [0.25, 0.3) is 0 Å². The summed E-state index contributed by atoms with van der Waals surface area (Å²) in [6.07, 6.45) is 0.991. The Morgan fingerprint density at radius 1 is 0.900 bits per heavy atom. The topological polar surface area (TPSA) is 34.1 Å². The van der Waals surface area contributed by atoms with E-state index in [1.165, 1.54) is 0 Å². The number of Topliss-reactive ketones (excluding diaryl/α,β-unsaturated/α-hetero) is 2. The molecule has 1 atom stereocenters. The number of rotatable bonds is 6. The fourth-order valence-electron chi connectivity index (χ4n) is 2.29. The molecule has 2 rings (SSSR count). The summed E-state index contributed by atoms with van der Waals surface area (Å²) >= 11 is 0. The molecule has 0 aliphatic heterocycles. The molecular formula is C18H18O2. The molecule has 0 aromatic heterocycles. The third-order valence-corrected chi connectivity index (χ3v) is 3.36. The van der Waals surface area contributed by atoms with Crippen molar-refractivity contribution in [3.8, 4) is 0 Å². The summed E-state index contributed by atoms with van der Waals surface area (Å²) in [6.45, 7) is 1.56. The van der Waals surface area contributed by atoms with Gasteiger partial charge in [-0.2, -0.15) is 0 Å². The second-order valence-electron chi connectivity index (χ2n) is 4.93. The predicted octanol–water partition coefficient (Wildman–Crippen LogP) is 4.02. The van der Waals surface area contributed by atoms with Crippen molar-refractivity contribution in [1.82, 2.24) is 0 Å². The summed E-state index contributed by atoms with van der Waals surface area (Å²) in [5.41, 5.74) is 1.67. The highest BCUT2D eigenvalue weighted by Crippen LogP contribution is 2.25. The van der Waals surface area contributed by atoms with Crippen LogP contribution in [0.3, 0.4) is 0 Å². The maximum Gasteiger partial charge on any atom is 0.170 e. The van der Waals surface area contributed by atoms with Crippen LogP contribution in [0, 0.1) is 0 Å². The lowest BCUT2D eigenvalue weighted by molar-refractivity contribution is -0.117. The summed E-state index contributed by atoms with van der Waals surface area (Å²) in [6, 6.07) is 18.9. The van der Waals surface area contributed by atoms with Crippen molar-refractivity contribution in [2.45, 2.75) is 25.7 Å². The molecule has 1 unspecified atom stereocenters. The summed E-state index contributed by atoms with van der Waals surface area (Å²) in [5, 5.41) is 0. The highest BCUT2D eigenvalue weighted by molar-refractivity contribution is 6.01. The van der Waals surface area contributed by atoms with Gasteiger partial charge in [0, 0.05) is 17.9 Å². The minimum atomic E-state index is -0.248. The highest BCUT2D eigenvalue weighted by atomic mass is 16.1. The van der Waals surface area contributed by atoms with Crippen molar-refractivity contribution in [2.24, 2.45) is 0 Å². The van der Waals surface area contributed by atoms with E-state index in [0.717, 1.165) is 5.56 Å². The molecule has 2 aromatic rings. The van der Waals surface area contributed by atoms with Crippen molar-refractivity contribution in [1.29, 1.82) is 0 Å². The summed E-state index contributed by atoms with van der Waals surface area (Å²) in [5.74, 6) is -0.0488. The van der Waals surface area contributed by atoms with Crippen LogP contribution in [0.15, 0.2) is 60.7 Å². The van der Waals surface area contributed by atoms with Crippen molar-refractivity contribution in [3.63, 3.8) is 0 Å². The molecule has 0 fully saturated rings. The number of carbonyl (C=O) groups is 2. The lowest BCUT2D eigenvalue weighted by Gasteiger charge is -2.15. The zero-order valence-corrected chi connectivity index (χ0v) is 11.6. The van der Waals surface area contributed by atoms with Gasteiger partial charge in [-0.3, -0.25) is 4.79 Å². The van der Waals surface area contributed by atoms with Crippen molar-refractivity contribution < 1.29 is 9.59 Å². The lowest BCUT2D eigenvalue weighted by Crippen LogP contribution is -2.14. The molecule has 20 heavy (non-hydrogen) atoms. The zero-order chi connectivity index (χ0) is 14.4. The van der Waals surface area contributed by atoms with Gasteiger partial charge in [-0.05, 0) is 18.9 Å². The molecule has 2 nitrogen and oxygen atoms in total. The number of hydrogen-bond acceptors (Lipinski definition) is 2. The Bertz CT molecular complexity index is 573. The molecule has 0 spiro atoms. The van der Waals surface area contributed by atoms with Gasteiger partial charge in [-0.25, -0.2) is 0 Å². The Morgan fingerprint density at radius 2 is 1.45 bits per heavy atom. The quantitative estimate of drug-likeness (QED) is 0.740. The van der Waals surface area contributed by atoms with Crippen LogP contribution in [0.2, 0.25) is 0 Å². The normalized spacial score (nSPS) is 11.8. The Morgan fingerprint density at radius 3 is 2.00 bits per heavy atom. The molecule has 0 aliphatic carbocycles. The first-order valence-corrected chi connectivity index (χ1v) is 6.82. The average Bonchev–Trinajstić information content (AvgIpc) is 2.49. The van der Waals surface area contributed by atoms with Crippen LogP contribution in [0.4, 0.5) is 0 Å². The molecule has 0 radical (unpaired) electrons. The molecule has 2 aromatic carbocycles. The fraction of sp³-hybridized carbons (Fsp3) is 0.222. The van der Waals surface area contributed by atoms with Gasteiger partial charge in [0.15, 0.2) is 5.78 Å². The Kier molecular flexibility index (Phi) is 4.83. The van der Waals surface area contributed by atoms with Gasteiger partial charge in [0.2, 0.25) is 0 Å². The van der Waals surface area contributed by atoms with E-state index < -0.39 is 0 Å². The van der Waals surface area contributed by atoms with Gasteiger partial charge >= 0.3 is 0 Å². The molecule has 0 saturated carbocycles. The first-order valence-electron chi connectivity index (χ1n) is 6.82. The van der Waals surface area contributed by atoms with E-state index >= 15 is 0 Å². The SMILES string of the molecule is CC(=O)CCC(C(=O)c1ccccc1)c1ccccc1. The first-order chi connectivity index (χ1) is 9.68. The average molecular weight is 266 g/mol. The zero-order valence-electron chi connectivity index (χ0n) is 11.6. The molecule has 0 amide bonds. The molecule has 2 heteroatoms. The van der Waals surface area contributed by atoms with E-state index in [1.54, 1.807) is 6.92 Å². The second-order valence-corrected chi connectivity index (χ2v) is 4.93. The van der Waals surface area contributed by atoms with E-state index in [2.05, 4.69) is 0 Å². The minimum absolute atomic E-state index is 0.0815. The second kappa shape index (κ2) is 6.80. The molecule has 0 bridgehead atoms. The van der Waals surface area contributed by atoms with Crippen LogP contribution >= 0.6 is 0 Å². The van der Waals surface area contributed by atoms with Crippen molar-refractivity contribution >= 4 is 11.6 Å². The Balaban J connectivity index is 2.27. The first kappa shape index (κ1) is 14.2. The molecule has 0 heterocycles. The molecule has 0 aliphatic rings. The van der Waals surface area contributed by atoms with Gasteiger partial charge in [0.25, 0.3) is 0 Å². The van der Waals surface area contributed by atoms with Gasteiger partial charge in [0.1, 0.15) is 5.78 Å². The van der Waals surface area contributed by atoms with Gasteiger partial charge in [-0.1, -0.05) is 60.7 Å². The van der Waals surface area contributed by atoms with Crippen LogP contribution < -0.4 is 0 Å². The largest absolute Gasteiger partial charge is 0.300 e. The van der Waals surface area contributed by atoms with Crippen LogP contribution in [-0.2, 0) is 4.79 Å². The standard InChI is InChI=1S/C18H18O2/c1-14(19)12-13-17(15-8-4-2-5-9-15)18(20)16-10-6-3-7-11-16/h2-11,17H,12-13H2,1H3. The van der Waals surface area contributed by atoms with Gasteiger partial charge < -0.3 is 4.79 Å². The molecular weight excluding hydrogens is 248 g/mol. The number of benzene rings is 2. The van der Waals surface area contributed by atoms with E-state index in [-0.39, 0.29) is 17.5 Å².